The summed E-state index contributed by atoms with van der Waals surface area (Å²) in [5.41, 5.74) is 1.17. The fourth-order valence-electron chi connectivity index (χ4n) is 2.56. The van der Waals surface area contributed by atoms with Crippen LogP contribution in [0.4, 0.5) is 0 Å². The summed E-state index contributed by atoms with van der Waals surface area (Å²) in [6.07, 6.45) is 6.24. The number of nitrogens with zero attached hydrogens (tertiary/aromatic N) is 2. The van der Waals surface area contributed by atoms with Gasteiger partial charge in [-0.3, -0.25) is 4.99 Å². The second-order valence-corrected chi connectivity index (χ2v) is 6.40. The van der Waals surface area contributed by atoms with Crippen LogP contribution in [0, 0.1) is 13.8 Å². The molecule has 1 aliphatic carbocycles. The van der Waals surface area contributed by atoms with E-state index in [2.05, 4.69) is 34.5 Å². The maximum Gasteiger partial charge on any atom is 0.191 e. The third-order valence-corrected chi connectivity index (χ3v) is 4.70. The number of hydrogen-bond acceptors (Lipinski definition) is 3. The molecular weight excluding hydrogens is 383 g/mol. The standard InChI is InChI=1S/C14H24N4S.HI/c1-10-13(19-11(2)17-10)8-9-16-14(15-3)18-12-6-4-5-7-12;/h12H,4-9H2,1-3H3,(H2,15,16,18);1H. The highest BCUT2D eigenvalue weighted by Gasteiger charge is 2.15. The van der Waals surface area contributed by atoms with Crippen molar-refractivity contribution in [2.45, 2.75) is 52.0 Å². The zero-order valence-corrected chi connectivity index (χ0v) is 15.7. The minimum Gasteiger partial charge on any atom is -0.356 e. The molecule has 20 heavy (non-hydrogen) atoms. The van der Waals surface area contributed by atoms with Gasteiger partial charge in [0.2, 0.25) is 0 Å². The second-order valence-electron chi connectivity index (χ2n) is 5.12. The Bertz CT molecular complexity index is 438. The van der Waals surface area contributed by atoms with E-state index >= 15 is 0 Å². The van der Waals surface area contributed by atoms with E-state index in [1.165, 1.54) is 36.3 Å². The third-order valence-electron chi connectivity index (χ3n) is 3.56. The molecule has 1 aromatic rings. The first kappa shape index (κ1) is 17.7. The molecule has 114 valence electrons. The van der Waals surface area contributed by atoms with Crippen molar-refractivity contribution in [3.05, 3.63) is 15.6 Å². The Kier molecular flexibility index (Phi) is 7.79. The van der Waals surface area contributed by atoms with Crippen LogP contribution in [0.25, 0.3) is 0 Å². The highest BCUT2D eigenvalue weighted by molar-refractivity contribution is 14.0. The van der Waals surface area contributed by atoms with Gasteiger partial charge in [-0.15, -0.1) is 35.3 Å². The quantitative estimate of drug-likeness (QED) is 0.458. The van der Waals surface area contributed by atoms with Gasteiger partial charge in [0, 0.05) is 30.9 Å². The lowest BCUT2D eigenvalue weighted by atomic mass is 10.2. The Labute approximate surface area is 142 Å². The van der Waals surface area contributed by atoms with Crippen LogP contribution in [0.1, 0.15) is 41.3 Å². The van der Waals surface area contributed by atoms with Crippen molar-refractivity contribution in [2.24, 2.45) is 4.99 Å². The Hall–Kier alpha value is -0.370. The van der Waals surface area contributed by atoms with Gasteiger partial charge in [0.05, 0.1) is 10.7 Å². The SMILES string of the molecule is CN=C(NCCc1sc(C)nc1C)NC1CCCC1.I. The van der Waals surface area contributed by atoms with Crippen LogP contribution in [-0.4, -0.2) is 30.6 Å². The van der Waals surface area contributed by atoms with Gasteiger partial charge in [0.25, 0.3) is 0 Å². The number of aryl methyl sites for hydroxylation is 2. The number of halogens is 1. The second kappa shape index (κ2) is 8.81. The molecule has 1 fully saturated rings. The lowest BCUT2D eigenvalue weighted by Gasteiger charge is -2.16. The van der Waals surface area contributed by atoms with Gasteiger partial charge in [-0.1, -0.05) is 12.8 Å². The number of guanidine groups is 1. The number of aromatic nitrogens is 1. The van der Waals surface area contributed by atoms with Gasteiger partial charge < -0.3 is 10.6 Å². The van der Waals surface area contributed by atoms with Crippen molar-refractivity contribution in [1.82, 2.24) is 15.6 Å². The number of hydrogen-bond donors (Lipinski definition) is 2. The van der Waals surface area contributed by atoms with Crippen LogP contribution in [0.15, 0.2) is 4.99 Å². The van der Waals surface area contributed by atoms with E-state index in [4.69, 9.17) is 0 Å². The Morgan fingerprint density at radius 3 is 2.60 bits per heavy atom. The van der Waals surface area contributed by atoms with Crippen molar-refractivity contribution < 1.29 is 0 Å². The van der Waals surface area contributed by atoms with Gasteiger partial charge in [-0.05, 0) is 26.7 Å². The summed E-state index contributed by atoms with van der Waals surface area (Å²) in [5, 5.41) is 8.05. The van der Waals surface area contributed by atoms with Gasteiger partial charge in [0.1, 0.15) is 0 Å². The molecule has 0 atom stereocenters. The summed E-state index contributed by atoms with van der Waals surface area (Å²) in [5.74, 6) is 0.936. The van der Waals surface area contributed by atoms with E-state index < -0.39 is 0 Å². The minimum absolute atomic E-state index is 0. The molecule has 6 heteroatoms. The topological polar surface area (TPSA) is 49.3 Å². The minimum atomic E-state index is 0. The van der Waals surface area contributed by atoms with Gasteiger partial charge in [0.15, 0.2) is 5.96 Å². The smallest absolute Gasteiger partial charge is 0.191 e. The normalized spacial score (nSPS) is 16.1. The maximum absolute atomic E-state index is 4.46. The zero-order chi connectivity index (χ0) is 13.7. The van der Waals surface area contributed by atoms with E-state index in [0.29, 0.717) is 6.04 Å². The number of aliphatic imine (C=N–C) groups is 1. The highest BCUT2D eigenvalue weighted by atomic mass is 127. The van der Waals surface area contributed by atoms with Crippen LogP contribution < -0.4 is 10.6 Å². The largest absolute Gasteiger partial charge is 0.356 e. The van der Waals surface area contributed by atoms with Crippen LogP contribution in [0.2, 0.25) is 0 Å². The average Bonchev–Trinajstić information content (AvgIpc) is 2.98. The first-order valence-corrected chi connectivity index (χ1v) is 7.91. The van der Waals surface area contributed by atoms with Gasteiger partial charge in [-0.2, -0.15) is 0 Å². The molecule has 2 rings (SSSR count). The average molecular weight is 408 g/mol. The van der Waals surface area contributed by atoms with Crippen molar-refractivity contribution >= 4 is 41.3 Å². The van der Waals surface area contributed by atoms with Crippen molar-refractivity contribution in [3.8, 4) is 0 Å². The van der Waals surface area contributed by atoms with Crippen molar-refractivity contribution in [2.75, 3.05) is 13.6 Å². The van der Waals surface area contributed by atoms with Crippen LogP contribution in [0.3, 0.4) is 0 Å². The lowest BCUT2D eigenvalue weighted by molar-refractivity contribution is 0.613. The summed E-state index contributed by atoms with van der Waals surface area (Å²) in [7, 11) is 1.84. The Morgan fingerprint density at radius 1 is 1.35 bits per heavy atom. The Morgan fingerprint density at radius 2 is 2.05 bits per heavy atom. The predicted molar refractivity (Wildman–Crippen MR) is 97.5 cm³/mol. The molecule has 0 aliphatic heterocycles. The number of thiazole rings is 1. The molecule has 0 unspecified atom stereocenters. The van der Waals surface area contributed by atoms with Crippen molar-refractivity contribution in [3.63, 3.8) is 0 Å². The summed E-state index contributed by atoms with van der Waals surface area (Å²) >= 11 is 1.80. The third kappa shape index (κ3) is 5.20. The Balaban J connectivity index is 0.00000200. The van der Waals surface area contributed by atoms with Gasteiger partial charge in [-0.25, -0.2) is 4.98 Å². The summed E-state index contributed by atoms with van der Waals surface area (Å²) < 4.78 is 0. The van der Waals surface area contributed by atoms with Crippen LogP contribution in [0.5, 0.6) is 0 Å². The van der Waals surface area contributed by atoms with E-state index in [9.17, 15) is 0 Å². The number of rotatable bonds is 4. The van der Waals surface area contributed by atoms with Gasteiger partial charge >= 0.3 is 0 Å². The molecule has 4 nitrogen and oxygen atoms in total. The van der Waals surface area contributed by atoms with E-state index in [0.717, 1.165) is 23.9 Å². The van der Waals surface area contributed by atoms with Crippen LogP contribution in [-0.2, 0) is 6.42 Å². The molecule has 1 aliphatic rings. The van der Waals surface area contributed by atoms with Crippen molar-refractivity contribution in [1.29, 1.82) is 0 Å². The first-order valence-electron chi connectivity index (χ1n) is 7.09. The monoisotopic (exact) mass is 408 g/mol. The molecule has 2 N–H and O–H groups in total. The molecule has 1 saturated carbocycles. The summed E-state index contributed by atoms with van der Waals surface area (Å²) in [6.45, 7) is 5.06. The molecule has 0 aromatic carbocycles. The van der Waals surface area contributed by atoms with E-state index in [1.807, 2.05) is 7.05 Å². The maximum atomic E-state index is 4.46. The molecule has 0 radical (unpaired) electrons. The summed E-state index contributed by atoms with van der Waals surface area (Å²) in [6, 6.07) is 0.610. The molecule has 1 aromatic heterocycles. The van der Waals surface area contributed by atoms with Crippen LogP contribution >= 0.6 is 35.3 Å². The molecule has 0 saturated heterocycles. The molecule has 0 bridgehead atoms. The number of nitrogens with one attached hydrogen (secondary N) is 2. The first-order chi connectivity index (χ1) is 9.19. The molecule has 0 spiro atoms. The zero-order valence-electron chi connectivity index (χ0n) is 12.5. The van der Waals surface area contributed by atoms with E-state index in [1.54, 1.807) is 11.3 Å². The molecule has 1 heterocycles. The fraction of sp³-hybridized carbons (Fsp3) is 0.714. The molecule has 0 amide bonds. The van der Waals surface area contributed by atoms with E-state index in [-0.39, 0.29) is 24.0 Å². The summed E-state index contributed by atoms with van der Waals surface area (Å²) in [4.78, 5) is 10.1. The molecular formula is C14H25IN4S. The lowest BCUT2D eigenvalue weighted by Crippen LogP contribution is -2.42. The predicted octanol–water partition coefficient (Wildman–Crippen LogP) is 3.03. The highest BCUT2D eigenvalue weighted by Crippen LogP contribution is 2.18. The fourth-order valence-corrected chi connectivity index (χ4v) is 3.49.